The van der Waals surface area contributed by atoms with Crippen molar-refractivity contribution < 1.29 is 13.2 Å². The van der Waals surface area contributed by atoms with Crippen molar-refractivity contribution in [3.8, 4) is 0 Å². The molecule has 0 saturated carbocycles. The van der Waals surface area contributed by atoms with Crippen LogP contribution in [0.25, 0.3) is 10.2 Å². The summed E-state index contributed by atoms with van der Waals surface area (Å²) in [5.74, 6) is 1.42. The summed E-state index contributed by atoms with van der Waals surface area (Å²) in [7, 11) is -3.20. The molecule has 2 fully saturated rings. The van der Waals surface area contributed by atoms with Gasteiger partial charge in [0.2, 0.25) is 15.9 Å². The van der Waals surface area contributed by atoms with E-state index in [4.69, 9.17) is 0 Å². The number of aromatic nitrogens is 2. The van der Waals surface area contributed by atoms with Gasteiger partial charge < -0.3 is 9.80 Å². The van der Waals surface area contributed by atoms with Gasteiger partial charge in [-0.1, -0.05) is 0 Å². The Labute approximate surface area is 188 Å². The molecule has 0 bridgehead atoms. The van der Waals surface area contributed by atoms with Gasteiger partial charge in [-0.25, -0.2) is 23.1 Å². The Kier molecular flexibility index (Phi) is 6.50. The summed E-state index contributed by atoms with van der Waals surface area (Å²) in [4.78, 5) is 28.7. The van der Waals surface area contributed by atoms with Gasteiger partial charge in [-0.3, -0.25) is 4.79 Å². The molecule has 1 N–H and O–H groups in total. The average molecular weight is 466 g/mol. The zero-order valence-electron chi connectivity index (χ0n) is 18.4. The Morgan fingerprint density at radius 2 is 1.94 bits per heavy atom. The zero-order chi connectivity index (χ0) is 22.2. The van der Waals surface area contributed by atoms with E-state index >= 15 is 0 Å². The standard InChI is InChI=1S/C21H31N5O3S2/c1-14-15(2)30-20-18(14)19(22-13-23-20)25-9-6-17(7-10-25)21(27)26-8-4-5-16(12-26)11-24-31(3,28)29/h13,16-17,24H,4-12H2,1-3H3. The van der Waals surface area contributed by atoms with Crippen LogP contribution in [0.1, 0.15) is 36.1 Å². The first-order chi connectivity index (χ1) is 14.7. The van der Waals surface area contributed by atoms with Crippen molar-refractivity contribution in [1.82, 2.24) is 19.6 Å². The van der Waals surface area contributed by atoms with Crippen LogP contribution in [0.2, 0.25) is 0 Å². The van der Waals surface area contributed by atoms with Gasteiger partial charge in [0, 0.05) is 43.5 Å². The molecule has 0 aromatic carbocycles. The molecule has 0 aliphatic carbocycles. The molecule has 1 unspecified atom stereocenters. The van der Waals surface area contributed by atoms with E-state index in [0.29, 0.717) is 13.1 Å². The number of amides is 1. The number of rotatable bonds is 5. The lowest BCUT2D eigenvalue weighted by molar-refractivity contribution is -0.138. The Morgan fingerprint density at radius 1 is 1.19 bits per heavy atom. The van der Waals surface area contributed by atoms with Gasteiger partial charge in [0.1, 0.15) is 17.0 Å². The Hall–Kier alpha value is -1.78. The van der Waals surface area contributed by atoms with Crippen molar-refractivity contribution in [2.24, 2.45) is 11.8 Å². The third-order valence-corrected chi connectivity index (χ3v) is 8.36. The minimum atomic E-state index is -3.20. The smallest absolute Gasteiger partial charge is 0.225 e. The summed E-state index contributed by atoms with van der Waals surface area (Å²) >= 11 is 1.71. The number of thiophene rings is 1. The predicted molar refractivity (Wildman–Crippen MR) is 124 cm³/mol. The maximum absolute atomic E-state index is 13.2. The lowest BCUT2D eigenvalue weighted by atomic mass is 9.92. The van der Waals surface area contributed by atoms with Crippen molar-refractivity contribution in [3.05, 3.63) is 16.8 Å². The second kappa shape index (κ2) is 8.99. The Balaban J connectivity index is 1.37. The fourth-order valence-electron chi connectivity index (χ4n) is 4.70. The molecular weight excluding hydrogens is 434 g/mol. The minimum absolute atomic E-state index is 0.0282. The quantitative estimate of drug-likeness (QED) is 0.728. The number of carbonyl (C=O) groups is 1. The highest BCUT2D eigenvalue weighted by atomic mass is 32.2. The van der Waals surface area contributed by atoms with Gasteiger partial charge in [0.05, 0.1) is 11.6 Å². The van der Waals surface area contributed by atoms with Gasteiger partial charge in [-0.05, 0) is 51.0 Å². The number of carbonyl (C=O) groups excluding carboxylic acids is 1. The van der Waals surface area contributed by atoms with Crippen LogP contribution in [0.3, 0.4) is 0 Å². The second-order valence-electron chi connectivity index (χ2n) is 8.84. The maximum atomic E-state index is 13.2. The highest BCUT2D eigenvalue weighted by Gasteiger charge is 2.32. The molecule has 1 amide bonds. The van der Waals surface area contributed by atoms with Crippen molar-refractivity contribution in [1.29, 1.82) is 0 Å². The number of fused-ring (bicyclic) bond motifs is 1. The van der Waals surface area contributed by atoms with E-state index in [-0.39, 0.29) is 17.7 Å². The molecule has 170 valence electrons. The molecule has 31 heavy (non-hydrogen) atoms. The number of piperidine rings is 2. The van der Waals surface area contributed by atoms with Crippen molar-refractivity contribution >= 4 is 43.3 Å². The normalized spacial score (nSPS) is 21.1. The number of nitrogens with one attached hydrogen (secondary N) is 1. The maximum Gasteiger partial charge on any atom is 0.225 e. The first-order valence-corrected chi connectivity index (χ1v) is 13.6. The summed E-state index contributed by atoms with van der Waals surface area (Å²) in [5.41, 5.74) is 1.25. The third-order valence-electron chi connectivity index (χ3n) is 6.55. The molecule has 0 spiro atoms. The average Bonchev–Trinajstić information content (AvgIpc) is 3.05. The fraction of sp³-hybridized carbons (Fsp3) is 0.667. The first-order valence-electron chi connectivity index (χ1n) is 10.9. The number of sulfonamides is 1. The predicted octanol–water partition coefficient (Wildman–Crippen LogP) is 2.31. The van der Waals surface area contributed by atoms with Crippen LogP contribution in [-0.2, 0) is 14.8 Å². The molecule has 2 aromatic heterocycles. The molecular formula is C21H31N5O3S2. The first kappa shape index (κ1) is 22.4. The fourth-order valence-corrected chi connectivity index (χ4v) is 6.23. The van der Waals surface area contributed by atoms with E-state index in [2.05, 4.69) is 33.4 Å². The number of nitrogens with zero attached hydrogens (tertiary/aromatic N) is 4. The van der Waals surface area contributed by atoms with Crippen molar-refractivity contribution in [2.75, 3.05) is 43.9 Å². The summed E-state index contributed by atoms with van der Waals surface area (Å²) < 4.78 is 25.4. The summed E-state index contributed by atoms with van der Waals surface area (Å²) in [6.45, 7) is 7.68. The number of hydrogen-bond donors (Lipinski definition) is 1. The molecule has 2 aromatic rings. The molecule has 4 rings (SSSR count). The lowest BCUT2D eigenvalue weighted by Gasteiger charge is -2.38. The molecule has 1 atom stereocenters. The molecule has 2 saturated heterocycles. The van der Waals surface area contributed by atoms with Gasteiger partial charge in [0.25, 0.3) is 0 Å². The topological polar surface area (TPSA) is 95.5 Å². The Bertz CT molecular complexity index is 1060. The van der Waals surface area contributed by atoms with Crippen LogP contribution < -0.4 is 9.62 Å². The van der Waals surface area contributed by atoms with E-state index in [1.165, 1.54) is 16.7 Å². The van der Waals surface area contributed by atoms with E-state index in [1.807, 2.05) is 4.90 Å². The number of likely N-dealkylation sites (tertiary alicyclic amines) is 1. The van der Waals surface area contributed by atoms with Gasteiger partial charge in [0.15, 0.2) is 0 Å². The molecule has 2 aliphatic heterocycles. The summed E-state index contributed by atoms with van der Waals surface area (Å²) in [6.07, 6.45) is 6.33. The van der Waals surface area contributed by atoms with Crippen LogP contribution in [-0.4, -0.2) is 68.2 Å². The van der Waals surface area contributed by atoms with Crippen LogP contribution in [0.15, 0.2) is 6.33 Å². The van der Waals surface area contributed by atoms with Crippen LogP contribution >= 0.6 is 11.3 Å². The lowest BCUT2D eigenvalue weighted by Crippen LogP contribution is -2.48. The molecule has 10 heteroatoms. The van der Waals surface area contributed by atoms with Crippen LogP contribution in [0, 0.1) is 25.7 Å². The van der Waals surface area contributed by atoms with E-state index in [9.17, 15) is 13.2 Å². The minimum Gasteiger partial charge on any atom is -0.356 e. The van der Waals surface area contributed by atoms with Crippen LogP contribution in [0.5, 0.6) is 0 Å². The summed E-state index contributed by atoms with van der Waals surface area (Å²) in [6, 6.07) is 0. The molecule has 0 radical (unpaired) electrons. The third kappa shape index (κ3) is 5.01. The highest BCUT2D eigenvalue weighted by molar-refractivity contribution is 7.88. The van der Waals surface area contributed by atoms with Crippen LogP contribution in [0.4, 0.5) is 5.82 Å². The second-order valence-corrected chi connectivity index (χ2v) is 11.9. The molecule has 4 heterocycles. The largest absolute Gasteiger partial charge is 0.356 e. The van der Waals surface area contributed by atoms with Gasteiger partial charge in [-0.2, -0.15) is 0 Å². The van der Waals surface area contributed by atoms with E-state index in [1.54, 1.807) is 17.7 Å². The van der Waals surface area contributed by atoms with Gasteiger partial charge in [-0.15, -0.1) is 11.3 Å². The number of aryl methyl sites for hydroxylation is 2. The highest BCUT2D eigenvalue weighted by Crippen LogP contribution is 2.36. The Morgan fingerprint density at radius 3 is 2.65 bits per heavy atom. The van der Waals surface area contributed by atoms with E-state index < -0.39 is 10.0 Å². The number of hydrogen-bond acceptors (Lipinski definition) is 7. The summed E-state index contributed by atoms with van der Waals surface area (Å²) in [5, 5.41) is 1.15. The molecule has 8 nitrogen and oxygen atoms in total. The number of anilines is 1. The SMILES string of the molecule is Cc1sc2ncnc(N3CCC(C(=O)N4CCCC(CNS(C)(=O)=O)C4)CC3)c2c1C. The van der Waals surface area contributed by atoms with Crippen molar-refractivity contribution in [3.63, 3.8) is 0 Å². The molecule has 2 aliphatic rings. The monoisotopic (exact) mass is 465 g/mol. The zero-order valence-corrected chi connectivity index (χ0v) is 20.1. The van der Waals surface area contributed by atoms with E-state index in [0.717, 1.165) is 61.4 Å². The van der Waals surface area contributed by atoms with Gasteiger partial charge >= 0.3 is 0 Å². The van der Waals surface area contributed by atoms with Crippen molar-refractivity contribution in [2.45, 2.75) is 39.5 Å².